The van der Waals surface area contributed by atoms with Gasteiger partial charge in [-0.25, -0.2) is 4.90 Å². The Hall–Kier alpha value is -1.72. The van der Waals surface area contributed by atoms with Crippen molar-refractivity contribution in [2.45, 2.75) is 0 Å². The quantitative estimate of drug-likeness (QED) is 0.729. The molecule has 0 saturated carbocycles. The van der Waals surface area contributed by atoms with E-state index in [2.05, 4.69) is 5.32 Å². The van der Waals surface area contributed by atoms with Crippen molar-refractivity contribution in [3.8, 4) is 0 Å². The van der Waals surface area contributed by atoms with Crippen LogP contribution in [0.5, 0.6) is 0 Å². The second-order valence-corrected chi connectivity index (χ2v) is 6.49. The average molecular weight is 402 g/mol. The number of benzene rings is 2. The average Bonchev–Trinajstić information content (AvgIpc) is 2.76. The smallest absolute Gasteiger partial charge is 0.283 e. The maximum atomic E-state index is 12.6. The summed E-state index contributed by atoms with van der Waals surface area (Å²) in [6.45, 7) is 0. The van der Waals surface area contributed by atoms with Crippen LogP contribution in [0.4, 0.5) is 11.4 Å². The van der Waals surface area contributed by atoms with Crippen LogP contribution in [0.2, 0.25) is 15.1 Å². The molecule has 4 nitrogen and oxygen atoms in total. The molecule has 1 N–H and O–H groups in total. The highest BCUT2D eigenvalue weighted by Crippen LogP contribution is 2.33. The van der Waals surface area contributed by atoms with Gasteiger partial charge in [-0.3, -0.25) is 9.59 Å². The van der Waals surface area contributed by atoms with Crippen LogP contribution in [0.15, 0.2) is 53.2 Å². The van der Waals surface area contributed by atoms with E-state index in [-0.39, 0.29) is 21.4 Å². The lowest BCUT2D eigenvalue weighted by atomic mass is 10.3. The number of carbonyl (C=O) groups excluding carboxylic acids is 2. The second kappa shape index (κ2) is 6.65. The van der Waals surface area contributed by atoms with Gasteiger partial charge in [0.25, 0.3) is 11.8 Å². The summed E-state index contributed by atoms with van der Waals surface area (Å²) in [6.07, 6.45) is 0. The summed E-state index contributed by atoms with van der Waals surface area (Å²) in [5, 5.41) is 3.73. The molecule has 0 fully saturated rings. The summed E-state index contributed by atoms with van der Waals surface area (Å²) in [5.41, 5.74) is 0.838. The Kier molecular flexibility index (Phi) is 4.74. The van der Waals surface area contributed by atoms with E-state index in [9.17, 15) is 9.59 Å². The summed E-state index contributed by atoms with van der Waals surface area (Å²) in [7, 11) is 0. The van der Waals surface area contributed by atoms with Gasteiger partial charge >= 0.3 is 0 Å². The molecule has 0 aliphatic carbocycles. The van der Waals surface area contributed by atoms with Crippen LogP contribution >= 0.6 is 46.4 Å². The Bertz CT molecular complexity index is 878. The highest BCUT2D eigenvalue weighted by Gasteiger charge is 2.39. The second-order valence-electron chi connectivity index (χ2n) is 4.87. The van der Waals surface area contributed by atoms with Gasteiger partial charge in [0.1, 0.15) is 10.7 Å². The topological polar surface area (TPSA) is 49.4 Å². The normalized spacial score (nSPS) is 14.6. The number of carbonyl (C=O) groups is 2. The zero-order chi connectivity index (χ0) is 17.4. The van der Waals surface area contributed by atoms with Crippen molar-refractivity contribution in [3.63, 3.8) is 0 Å². The van der Waals surface area contributed by atoms with Gasteiger partial charge in [0.2, 0.25) is 0 Å². The van der Waals surface area contributed by atoms with Gasteiger partial charge in [0.15, 0.2) is 0 Å². The van der Waals surface area contributed by atoms with Crippen molar-refractivity contribution >= 4 is 69.6 Å². The fraction of sp³-hybridized carbons (Fsp3) is 0. The highest BCUT2D eigenvalue weighted by atomic mass is 35.5. The van der Waals surface area contributed by atoms with E-state index < -0.39 is 11.8 Å². The van der Waals surface area contributed by atoms with Gasteiger partial charge in [0.05, 0.1) is 15.7 Å². The van der Waals surface area contributed by atoms with Crippen LogP contribution < -0.4 is 10.2 Å². The van der Waals surface area contributed by atoms with E-state index >= 15 is 0 Å². The van der Waals surface area contributed by atoms with Gasteiger partial charge < -0.3 is 5.32 Å². The van der Waals surface area contributed by atoms with Crippen LogP contribution in [0.3, 0.4) is 0 Å². The molecule has 122 valence electrons. The lowest BCUT2D eigenvalue weighted by Gasteiger charge is -2.15. The molecule has 0 spiro atoms. The number of hydrogen-bond acceptors (Lipinski definition) is 3. The molecule has 8 heteroatoms. The van der Waals surface area contributed by atoms with Crippen molar-refractivity contribution in [1.29, 1.82) is 0 Å². The third kappa shape index (κ3) is 3.10. The lowest BCUT2D eigenvalue weighted by Crippen LogP contribution is -2.32. The van der Waals surface area contributed by atoms with Crippen molar-refractivity contribution in [2.75, 3.05) is 10.2 Å². The molecule has 2 amide bonds. The number of anilines is 2. The van der Waals surface area contributed by atoms with Gasteiger partial charge in [-0.2, -0.15) is 0 Å². The molecule has 0 atom stereocenters. The Morgan fingerprint density at radius 1 is 0.792 bits per heavy atom. The fourth-order valence-electron chi connectivity index (χ4n) is 2.15. The molecular weight excluding hydrogens is 394 g/mol. The lowest BCUT2D eigenvalue weighted by molar-refractivity contribution is -0.120. The summed E-state index contributed by atoms with van der Waals surface area (Å²) in [5.74, 6) is -1.23. The first-order valence-corrected chi connectivity index (χ1v) is 8.16. The minimum atomic E-state index is -0.642. The first kappa shape index (κ1) is 17.1. The molecule has 0 unspecified atom stereocenters. The molecule has 3 rings (SSSR count). The van der Waals surface area contributed by atoms with Gasteiger partial charge in [-0.1, -0.05) is 46.4 Å². The van der Waals surface area contributed by atoms with Crippen molar-refractivity contribution < 1.29 is 9.59 Å². The van der Waals surface area contributed by atoms with Crippen LogP contribution in [0.25, 0.3) is 0 Å². The summed E-state index contributed by atoms with van der Waals surface area (Å²) >= 11 is 23.7. The summed E-state index contributed by atoms with van der Waals surface area (Å²) in [6, 6.07) is 11.1. The largest absolute Gasteiger partial charge is 0.350 e. The molecule has 1 aliphatic heterocycles. The molecule has 0 aromatic heterocycles. The Labute approximate surface area is 157 Å². The van der Waals surface area contributed by atoms with Gasteiger partial charge in [-0.05, 0) is 42.5 Å². The Morgan fingerprint density at radius 3 is 2.08 bits per heavy atom. The minimum Gasteiger partial charge on any atom is -0.350 e. The number of imide groups is 1. The van der Waals surface area contributed by atoms with E-state index in [0.29, 0.717) is 15.7 Å². The molecule has 24 heavy (non-hydrogen) atoms. The number of halogens is 4. The van der Waals surface area contributed by atoms with Crippen molar-refractivity contribution in [3.05, 3.63) is 68.3 Å². The van der Waals surface area contributed by atoms with Crippen molar-refractivity contribution in [2.24, 2.45) is 0 Å². The number of amides is 2. The monoisotopic (exact) mass is 400 g/mol. The number of nitrogens with one attached hydrogen (secondary N) is 1. The Balaban J connectivity index is 1.92. The predicted molar refractivity (Wildman–Crippen MR) is 96.9 cm³/mol. The van der Waals surface area contributed by atoms with Crippen LogP contribution in [0, 0.1) is 0 Å². The number of rotatable bonds is 3. The number of hydrogen-bond donors (Lipinski definition) is 1. The first-order valence-electron chi connectivity index (χ1n) is 6.64. The minimum absolute atomic E-state index is 0.0185. The maximum Gasteiger partial charge on any atom is 0.283 e. The van der Waals surface area contributed by atoms with Gasteiger partial charge in [-0.15, -0.1) is 0 Å². The molecule has 0 radical (unpaired) electrons. The van der Waals surface area contributed by atoms with Gasteiger partial charge in [0, 0.05) is 10.7 Å². The maximum absolute atomic E-state index is 12.6. The zero-order valence-electron chi connectivity index (χ0n) is 11.8. The van der Waals surface area contributed by atoms with E-state index in [1.807, 2.05) is 0 Å². The molecule has 2 aromatic carbocycles. The van der Waals surface area contributed by atoms with Crippen molar-refractivity contribution in [1.82, 2.24) is 0 Å². The van der Waals surface area contributed by atoms with E-state index in [4.69, 9.17) is 46.4 Å². The number of nitrogens with zero attached hydrogens (tertiary/aromatic N) is 1. The molecule has 1 aliphatic rings. The predicted octanol–water partition coefficient (Wildman–Crippen LogP) is 5.08. The first-order chi connectivity index (χ1) is 11.4. The van der Waals surface area contributed by atoms with Crippen LogP contribution in [-0.4, -0.2) is 11.8 Å². The SMILES string of the molecule is O=C1C(Cl)=C(Nc2ccc(Cl)cc2)C(=O)N1c1ccc(Cl)c(Cl)c1. The third-order valence-electron chi connectivity index (χ3n) is 3.30. The molecule has 1 heterocycles. The molecule has 0 bridgehead atoms. The van der Waals surface area contributed by atoms with E-state index in [1.54, 1.807) is 24.3 Å². The molecular formula is C16H8Cl4N2O2. The molecule has 0 saturated heterocycles. The third-order valence-corrected chi connectivity index (χ3v) is 4.64. The van der Waals surface area contributed by atoms with E-state index in [1.165, 1.54) is 18.2 Å². The van der Waals surface area contributed by atoms with Crippen LogP contribution in [-0.2, 0) is 9.59 Å². The van der Waals surface area contributed by atoms with E-state index in [0.717, 1.165) is 4.90 Å². The van der Waals surface area contributed by atoms with Crippen LogP contribution in [0.1, 0.15) is 0 Å². The zero-order valence-corrected chi connectivity index (χ0v) is 14.8. The standard InChI is InChI=1S/C16H8Cl4N2O2/c17-8-1-3-9(4-2-8)21-14-13(20)15(23)22(16(14)24)10-5-6-11(18)12(19)7-10/h1-7,21H. The summed E-state index contributed by atoms with van der Waals surface area (Å²) < 4.78 is 0. The fourth-order valence-corrected chi connectivity index (χ4v) is 2.78. The highest BCUT2D eigenvalue weighted by molar-refractivity contribution is 6.53. The summed E-state index contributed by atoms with van der Waals surface area (Å²) in [4.78, 5) is 25.9. The Morgan fingerprint density at radius 2 is 1.46 bits per heavy atom. The molecule has 2 aromatic rings.